The number of imide groups is 1. The average molecular weight is 455 g/mol. The van der Waals surface area contributed by atoms with Crippen LogP contribution in [0.3, 0.4) is 0 Å². The lowest BCUT2D eigenvalue weighted by Crippen LogP contribution is -2.45. The van der Waals surface area contributed by atoms with E-state index in [4.69, 9.17) is 4.98 Å². The largest absolute Gasteiger partial charge is 0.324 e. The summed E-state index contributed by atoms with van der Waals surface area (Å²) >= 11 is 1.53. The van der Waals surface area contributed by atoms with Gasteiger partial charge in [0.05, 0.1) is 16.8 Å². The number of hydrogen-bond acceptors (Lipinski definition) is 6. The SMILES string of the molecule is CC(C(=O)Nc1cccc(-c2csc(-c3ccncc3)n2)c1)N1C(=O)c2ccccc2C1=O. The van der Waals surface area contributed by atoms with Crippen LogP contribution in [-0.4, -0.2) is 38.6 Å². The fourth-order valence-corrected chi connectivity index (χ4v) is 4.55. The molecule has 0 saturated carbocycles. The van der Waals surface area contributed by atoms with Crippen molar-refractivity contribution in [1.82, 2.24) is 14.9 Å². The van der Waals surface area contributed by atoms with E-state index in [2.05, 4.69) is 10.3 Å². The Hall–Kier alpha value is -4.17. The van der Waals surface area contributed by atoms with E-state index in [0.717, 1.165) is 26.7 Å². The molecular formula is C25H18N4O3S. The molecule has 5 rings (SSSR count). The quantitative estimate of drug-likeness (QED) is 0.449. The molecule has 4 aromatic rings. The normalized spacial score (nSPS) is 13.7. The molecule has 8 heteroatoms. The van der Waals surface area contributed by atoms with Gasteiger partial charge in [-0.1, -0.05) is 24.3 Å². The number of carbonyl (C=O) groups is 3. The summed E-state index contributed by atoms with van der Waals surface area (Å²) < 4.78 is 0. The smallest absolute Gasteiger partial charge is 0.262 e. The first kappa shape index (κ1) is 20.7. The summed E-state index contributed by atoms with van der Waals surface area (Å²) in [7, 11) is 0. The van der Waals surface area contributed by atoms with E-state index in [1.165, 1.54) is 11.3 Å². The van der Waals surface area contributed by atoms with Crippen molar-refractivity contribution in [2.45, 2.75) is 13.0 Å². The third-order valence-electron chi connectivity index (χ3n) is 5.45. The molecule has 1 unspecified atom stereocenters. The molecular weight excluding hydrogens is 436 g/mol. The molecule has 1 aliphatic rings. The lowest BCUT2D eigenvalue weighted by molar-refractivity contribution is -0.119. The molecule has 2 aromatic heterocycles. The maximum atomic E-state index is 12.9. The summed E-state index contributed by atoms with van der Waals surface area (Å²) in [6.07, 6.45) is 3.45. The van der Waals surface area contributed by atoms with Crippen LogP contribution in [0.5, 0.6) is 0 Å². The lowest BCUT2D eigenvalue weighted by Gasteiger charge is -2.21. The number of thiazole rings is 1. The Bertz CT molecular complexity index is 1350. The van der Waals surface area contributed by atoms with Gasteiger partial charge in [0.15, 0.2) is 0 Å². The van der Waals surface area contributed by atoms with Crippen LogP contribution in [0.4, 0.5) is 5.69 Å². The number of aromatic nitrogens is 2. The highest BCUT2D eigenvalue weighted by Crippen LogP contribution is 2.30. The van der Waals surface area contributed by atoms with E-state index in [0.29, 0.717) is 16.8 Å². The molecule has 0 spiro atoms. The second-order valence-electron chi connectivity index (χ2n) is 7.55. The first-order valence-corrected chi connectivity index (χ1v) is 11.1. The van der Waals surface area contributed by atoms with Gasteiger partial charge in [-0.3, -0.25) is 24.3 Å². The van der Waals surface area contributed by atoms with Gasteiger partial charge in [0.2, 0.25) is 5.91 Å². The maximum absolute atomic E-state index is 12.9. The minimum absolute atomic E-state index is 0.317. The number of pyridine rings is 1. The van der Waals surface area contributed by atoms with Gasteiger partial charge in [0.25, 0.3) is 11.8 Å². The average Bonchev–Trinajstić information content (AvgIpc) is 3.43. The van der Waals surface area contributed by atoms with E-state index >= 15 is 0 Å². The summed E-state index contributed by atoms with van der Waals surface area (Å²) in [5.74, 6) is -1.37. The van der Waals surface area contributed by atoms with Crippen LogP contribution in [-0.2, 0) is 4.79 Å². The fraction of sp³-hybridized carbons (Fsp3) is 0.0800. The number of anilines is 1. The monoisotopic (exact) mass is 454 g/mol. The molecule has 2 aromatic carbocycles. The van der Waals surface area contributed by atoms with Crippen molar-refractivity contribution >= 4 is 34.7 Å². The molecule has 3 heterocycles. The van der Waals surface area contributed by atoms with E-state index in [-0.39, 0.29) is 0 Å². The van der Waals surface area contributed by atoms with Crippen LogP contribution in [0.25, 0.3) is 21.8 Å². The fourth-order valence-electron chi connectivity index (χ4n) is 3.71. The van der Waals surface area contributed by atoms with Gasteiger partial charge in [0.1, 0.15) is 11.0 Å². The van der Waals surface area contributed by atoms with Crippen molar-refractivity contribution in [3.8, 4) is 21.8 Å². The van der Waals surface area contributed by atoms with E-state index in [9.17, 15) is 14.4 Å². The number of amides is 3. The van der Waals surface area contributed by atoms with Crippen molar-refractivity contribution in [3.63, 3.8) is 0 Å². The third kappa shape index (κ3) is 3.81. The topological polar surface area (TPSA) is 92.3 Å². The first-order valence-electron chi connectivity index (χ1n) is 10.3. The molecule has 1 N–H and O–H groups in total. The summed E-state index contributed by atoms with van der Waals surface area (Å²) in [5, 5.41) is 5.65. The minimum Gasteiger partial charge on any atom is -0.324 e. The van der Waals surface area contributed by atoms with Crippen molar-refractivity contribution in [3.05, 3.63) is 89.6 Å². The van der Waals surface area contributed by atoms with Gasteiger partial charge in [0, 0.05) is 34.6 Å². The molecule has 7 nitrogen and oxygen atoms in total. The van der Waals surface area contributed by atoms with Crippen molar-refractivity contribution in [2.75, 3.05) is 5.32 Å². The number of nitrogens with one attached hydrogen (secondary N) is 1. The molecule has 0 aliphatic carbocycles. The Labute approximate surface area is 193 Å². The second-order valence-corrected chi connectivity index (χ2v) is 8.40. The third-order valence-corrected chi connectivity index (χ3v) is 6.34. The summed E-state index contributed by atoms with van der Waals surface area (Å²) in [5.41, 5.74) is 3.81. The predicted molar refractivity (Wildman–Crippen MR) is 126 cm³/mol. The van der Waals surface area contributed by atoms with Gasteiger partial charge in [-0.2, -0.15) is 0 Å². The van der Waals surface area contributed by atoms with Crippen LogP contribution in [0.1, 0.15) is 27.6 Å². The van der Waals surface area contributed by atoms with E-state index in [1.807, 2.05) is 35.7 Å². The zero-order valence-corrected chi connectivity index (χ0v) is 18.4. The molecule has 33 heavy (non-hydrogen) atoms. The first-order chi connectivity index (χ1) is 16.0. The molecule has 0 bridgehead atoms. The van der Waals surface area contributed by atoms with Crippen LogP contribution in [0.2, 0.25) is 0 Å². The summed E-state index contributed by atoms with van der Waals surface area (Å²) in [4.78, 5) is 48.0. The van der Waals surface area contributed by atoms with Crippen LogP contribution in [0.15, 0.2) is 78.4 Å². The maximum Gasteiger partial charge on any atom is 0.262 e. The number of rotatable bonds is 5. The Kier molecular flexibility index (Phi) is 5.27. The highest BCUT2D eigenvalue weighted by Gasteiger charge is 2.40. The number of benzene rings is 2. The Morgan fingerprint density at radius 3 is 2.33 bits per heavy atom. The molecule has 0 fully saturated rings. The van der Waals surface area contributed by atoms with Crippen LogP contribution >= 0.6 is 11.3 Å². The predicted octanol–water partition coefficient (Wildman–Crippen LogP) is 4.50. The number of hydrogen-bond donors (Lipinski definition) is 1. The Morgan fingerprint density at radius 2 is 1.64 bits per heavy atom. The van der Waals surface area contributed by atoms with Gasteiger partial charge >= 0.3 is 0 Å². The Morgan fingerprint density at radius 1 is 0.939 bits per heavy atom. The minimum atomic E-state index is -0.960. The molecule has 3 amide bonds. The molecule has 0 saturated heterocycles. The number of fused-ring (bicyclic) bond motifs is 1. The summed E-state index contributed by atoms with van der Waals surface area (Å²) in [6.45, 7) is 1.54. The second kappa shape index (κ2) is 8.40. The molecule has 1 aliphatic heterocycles. The molecule has 162 valence electrons. The standard InChI is InChI=1S/C25H18N4O3S/c1-15(29-24(31)19-7-2-3-8-20(19)25(29)32)22(30)27-18-6-4-5-17(13-18)21-14-33-23(28-21)16-9-11-26-12-10-16/h2-15H,1H3,(H,27,30). The van der Waals surface area contributed by atoms with Gasteiger partial charge in [-0.05, 0) is 43.3 Å². The zero-order valence-electron chi connectivity index (χ0n) is 17.6. The number of carbonyl (C=O) groups excluding carboxylic acids is 3. The van der Waals surface area contributed by atoms with Crippen LogP contribution in [0, 0.1) is 0 Å². The highest BCUT2D eigenvalue weighted by atomic mass is 32.1. The molecule has 0 radical (unpaired) electrons. The van der Waals surface area contributed by atoms with Crippen molar-refractivity contribution in [1.29, 1.82) is 0 Å². The zero-order chi connectivity index (χ0) is 22.9. The van der Waals surface area contributed by atoms with Crippen molar-refractivity contribution < 1.29 is 14.4 Å². The Balaban J connectivity index is 1.33. The summed E-state index contributed by atoms with van der Waals surface area (Å²) in [6, 6.07) is 16.7. The van der Waals surface area contributed by atoms with Gasteiger partial charge in [-0.25, -0.2) is 4.98 Å². The van der Waals surface area contributed by atoms with Crippen LogP contribution < -0.4 is 5.32 Å². The highest BCUT2D eigenvalue weighted by molar-refractivity contribution is 7.13. The number of nitrogens with zero attached hydrogens (tertiary/aromatic N) is 3. The lowest BCUT2D eigenvalue weighted by atomic mass is 10.1. The van der Waals surface area contributed by atoms with E-state index in [1.54, 1.807) is 49.6 Å². The molecule has 1 atom stereocenters. The van der Waals surface area contributed by atoms with Crippen molar-refractivity contribution in [2.24, 2.45) is 0 Å². The van der Waals surface area contributed by atoms with Gasteiger partial charge in [-0.15, -0.1) is 11.3 Å². The van der Waals surface area contributed by atoms with Gasteiger partial charge < -0.3 is 5.32 Å². The van der Waals surface area contributed by atoms with E-state index < -0.39 is 23.8 Å².